The Kier molecular flexibility index (Phi) is 2.71. The van der Waals surface area contributed by atoms with Crippen molar-refractivity contribution in [2.24, 2.45) is 0 Å². The molecule has 104 valence electrons. The number of hydrogen-bond acceptors (Lipinski definition) is 4. The number of carbonyl (C=O) groups is 2. The third-order valence-corrected chi connectivity index (χ3v) is 3.65. The van der Waals surface area contributed by atoms with Crippen molar-refractivity contribution in [1.29, 1.82) is 0 Å². The van der Waals surface area contributed by atoms with Crippen LogP contribution >= 0.6 is 0 Å². The molecule has 3 rings (SSSR count). The van der Waals surface area contributed by atoms with Crippen LogP contribution in [0.2, 0.25) is 0 Å². The number of allylic oxidation sites excluding steroid dienone is 1. The van der Waals surface area contributed by atoms with Crippen LogP contribution in [0.3, 0.4) is 0 Å². The van der Waals surface area contributed by atoms with Gasteiger partial charge in [0.25, 0.3) is 0 Å². The van der Waals surface area contributed by atoms with Gasteiger partial charge in [-0.25, -0.2) is 4.79 Å². The number of Topliss-reactive ketones (excluding diaryl/α,β-unsaturated/α-hetero) is 1. The first-order valence-electron chi connectivity index (χ1n) is 6.68. The Morgan fingerprint density at radius 1 is 1.15 bits per heavy atom. The molecule has 0 bridgehead atoms. The summed E-state index contributed by atoms with van der Waals surface area (Å²) < 4.78 is 10.9. The predicted octanol–water partition coefficient (Wildman–Crippen LogP) is 2.94. The monoisotopic (exact) mass is 272 g/mol. The van der Waals surface area contributed by atoms with Gasteiger partial charge in [-0.05, 0) is 11.5 Å². The molecule has 4 heteroatoms. The maximum absolute atomic E-state index is 12.6. The van der Waals surface area contributed by atoms with E-state index in [1.807, 2.05) is 19.1 Å². The zero-order chi connectivity index (χ0) is 14.5. The van der Waals surface area contributed by atoms with Crippen molar-refractivity contribution in [2.75, 3.05) is 0 Å². The predicted molar refractivity (Wildman–Crippen MR) is 72.1 cm³/mol. The Morgan fingerprint density at radius 2 is 1.85 bits per heavy atom. The molecule has 0 saturated carbocycles. The lowest BCUT2D eigenvalue weighted by Crippen LogP contribution is -2.38. The summed E-state index contributed by atoms with van der Waals surface area (Å²) in [6.07, 6.45) is 0.524. The van der Waals surface area contributed by atoms with E-state index in [1.54, 1.807) is 26.0 Å². The van der Waals surface area contributed by atoms with E-state index in [9.17, 15) is 9.59 Å². The van der Waals surface area contributed by atoms with Crippen LogP contribution in [-0.2, 0) is 14.3 Å². The Morgan fingerprint density at radius 3 is 2.60 bits per heavy atom. The fourth-order valence-corrected chi connectivity index (χ4v) is 2.78. The van der Waals surface area contributed by atoms with Crippen LogP contribution in [0.1, 0.15) is 49.0 Å². The normalized spacial score (nSPS) is 24.2. The van der Waals surface area contributed by atoms with Gasteiger partial charge in [-0.2, -0.15) is 0 Å². The van der Waals surface area contributed by atoms with Gasteiger partial charge in [0.1, 0.15) is 11.3 Å². The quantitative estimate of drug-likeness (QED) is 0.538. The number of carbonyl (C=O) groups excluding carboxylic acids is 2. The molecule has 0 amide bonds. The van der Waals surface area contributed by atoms with E-state index < -0.39 is 11.8 Å². The van der Waals surface area contributed by atoms with Gasteiger partial charge in [-0.3, -0.25) is 4.79 Å². The number of ketones is 1. The molecular weight excluding hydrogens is 256 g/mol. The van der Waals surface area contributed by atoms with Crippen molar-refractivity contribution >= 4 is 11.8 Å². The summed E-state index contributed by atoms with van der Waals surface area (Å²) in [7, 11) is 0. The van der Waals surface area contributed by atoms with Crippen molar-refractivity contribution in [1.82, 2.24) is 0 Å². The lowest BCUT2D eigenvalue weighted by molar-refractivity contribution is -0.207. The van der Waals surface area contributed by atoms with E-state index >= 15 is 0 Å². The average Bonchev–Trinajstić information content (AvgIpc) is 2.45. The number of cyclic esters (lactones) is 1. The molecule has 1 atom stereocenters. The molecule has 1 aromatic rings. The van der Waals surface area contributed by atoms with E-state index in [4.69, 9.17) is 9.47 Å². The minimum atomic E-state index is -1.02. The molecule has 0 aromatic heterocycles. The summed E-state index contributed by atoms with van der Waals surface area (Å²) in [5.41, 5.74) is 1.55. The number of fused-ring (bicyclic) bond motifs is 1. The smallest absolute Gasteiger partial charge is 0.348 e. The number of esters is 1. The summed E-state index contributed by atoms with van der Waals surface area (Å²) in [5, 5.41) is 0. The Balaban J connectivity index is 2.17. The second kappa shape index (κ2) is 4.20. The first-order chi connectivity index (χ1) is 9.39. The maximum atomic E-state index is 12.6. The van der Waals surface area contributed by atoms with E-state index in [-0.39, 0.29) is 17.3 Å². The largest absolute Gasteiger partial charge is 0.456 e. The molecule has 0 spiro atoms. The Hall–Kier alpha value is -2.10. The highest BCUT2D eigenvalue weighted by atomic mass is 16.7. The second-order valence-corrected chi connectivity index (χ2v) is 5.71. The van der Waals surface area contributed by atoms with E-state index in [0.29, 0.717) is 17.7 Å². The summed E-state index contributed by atoms with van der Waals surface area (Å²) in [5.74, 6) is -1.36. The van der Waals surface area contributed by atoms with Gasteiger partial charge in [0.15, 0.2) is 0 Å². The molecule has 0 N–H and O–H groups in total. The van der Waals surface area contributed by atoms with Crippen molar-refractivity contribution in [3.8, 4) is 0 Å². The maximum Gasteiger partial charge on any atom is 0.348 e. The first kappa shape index (κ1) is 12.9. The molecule has 0 radical (unpaired) electrons. The van der Waals surface area contributed by atoms with Crippen molar-refractivity contribution in [2.45, 2.75) is 38.9 Å². The highest BCUT2D eigenvalue weighted by Gasteiger charge is 2.41. The number of benzene rings is 1. The molecular formula is C16H16O4. The van der Waals surface area contributed by atoms with Gasteiger partial charge in [0, 0.05) is 25.8 Å². The molecule has 1 unspecified atom stereocenters. The molecule has 1 aromatic carbocycles. The van der Waals surface area contributed by atoms with Crippen LogP contribution < -0.4 is 0 Å². The zero-order valence-electron chi connectivity index (χ0n) is 11.7. The third kappa shape index (κ3) is 1.92. The molecule has 2 aliphatic rings. The second-order valence-electron chi connectivity index (χ2n) is 5.71. The molecule has 0 fully saturated rings. The van der Waals surface area contributed by atoms with Gasteiger partial charge < -0.3 is 9.47 Å². The lowest BCUT2D eigenvalue weighted by Gasteiger charge is -2.32. The lowest BCUT2D eigenvalue weighted by atomic mass is 9.93. The fourth-order valence-electron chi connectivity index (χ4n) is 2.78. The molecule has 4 nitrogen and oxygen atoms in total. The molecule has 20 heavy (non-hydrogen) atoms. The minimum Gasteiger partial charge on any atom is -0.456 e. The molecule has 0 saturated heterocycles. The van der Waals surface area contributed by atoms with Crippen LogP contribution in [0.25, 0.3) is 0 Å². The summed E-state index contributed by atoms with van der Waals surface area (Å²) >= 11 is 0. The summed E-state index contributed by atoms with van der Waals surface area (Å²) in [6, 6.07) is 7.37. The fraction of sp³-hybridized carbons (Fsp3) is 0.375. The highest BCUT2D eigenvalue weighted by Crippen LogP contribution is 2.38. The number of ether oxygens (including phenoxy) is 2. The third-order valence-electron chi connectivity index (χ3n) is 3.65. The minimum absolute atomic E-state index is 0.0427. The van der Waals surface area contributed by atoms with Crippen molar-refractivity contribution in [3.05, 3.63) is 46.7 Å². The van der Waals surface area contributed by atoms with Gasteiger partial charge in [-0.1, -0.05) is 31.2 Å². The standard InChI is InChI=1S/C16H16O4/c1-9-8-12-13(15(18)20-16(2,3)19-12)14(17)11-7-5-4-6-10(9)11/h4-7,9H,8H2,1-3H3. The Bertz CT molecular complexity index is 640. The molecule has 1 aliphatic carbocycles. The van der Waals surface area contributed by atoms with Crippen LogP contribution in [0.5, 0.6) is 0 Å². The van der Waals surface area contributed by atoms with E-state index in [1.165, 1.54) is 0 Å². The molecule has 1 heterocycles. The SMILES string of the molecule is CC1CC2=C(C(=O)OC(C)(C)O2)C(=O)c2ccccc21. The van der Waals surface area contributed by atoms with Crippen molar-refractivity contribution in [3.63, 3.8) is 0 Å². The van der Waals surface area contributed by atoms with Crippen LogP contribution in [-0.4, -0.2) is 17.5 Å². The average molecular weight is 272 g/mol. The molecule has 1 aliphatic heterocycles. The number of hydrogen-bond donors (Lipinski definition) is 0. The Labute approximate surface area is 117 Å². The first-order valence-corrected chi connectivity index (χ1v) is 6.68. The van der Waals surface area contributed by atoms with Gasteiger partial charge in [-0.15, -0.1) is 0 Å². The van der Waals surface area contributed by atoms with Gasteiger partial charge in [0.2, 0.25) is 11.6 Å². The highest BCUT2D eigenvalue weighted by molar-refractivity contribution is 6.25. The van der Waals surface area contributed by atoms with Crippen LogP contribution in [0.4, 0.5) is 0 Å². The van der Waals surface area contributed by atoms with Crippen LogP contribution in [0.15, 0.2) is 35.6 Å². The zero-order valence-corrected chi connectivity index (χ0v) is 11.7. The van der Waals surface area contributed by atoms with E-state index in [0.717, 1.165) is 5.56 Å². The van der Waals surface area contributed by atoms with Crippen molar-refractivity contribution < 1.29 is 19.1 Å². The topological polar surface area (TPSA) is 52.6 Å². The van der Waals surface area contributed by atoms with Crippen LogP contribution in [0, 0.1) is 0 Å². The summed E-state index contributed by atoms with van der Waals surface area (Å²) in [6.45, 7) is 5.36. The van der Waals surface area contributed by atoms with Gasteiger partial charge in [0.05, 0.1) is 0 Å². The number of rotatable bonds is 0. The summed E-state index contributed by atoms with van der Waals surface area (Å²) in [4.78, 5) is 24.7. The van der Waals surface area contributed by atoms with E-state index in [2.05, 4.69) is 0 Å². The van der Waals surface area contributed by atoms with Gasteiger partial charge >= 0.3 is 5.97 Å².